The third-order valence-electron chi connectivity index (χ3n) is 3.90. The molecule has 1 rings (SSSR count). The van der Waals surface area contributed by atoms with Gasteiger partial charge in [-0.2, -0.15) is 0 Å². The molecule has 1 saturated carbocycles. The molecule has 0 aromatic heterocycles. The predicted octanol–water partition coefficient (Wildman–Crippen LogP) is 2.87. The Morgan fingerprint density at radius 1 is 1.28 bits per heavy atom. The van der Waals surface area contributed by atoms with Crippen molar-refractivity contribution in [2.75, 3.05) is 0 Å². The van der Waals surface area contributed by atoms with Crippen molar-refractivity contribution in [3.63, 3.8) is 0 Å². The van der Waals surface area contributed by atoms with Gasteiger partial charge in [-0.3, -0.25) is 4.79 Å². The molecule has 0 radical (unpaired) electrons. The van der Waals surface area contributed by atoms with Crippen LogP contribution in [-0.2, 0) is 4.79 Å². The van der Waals surface area contributed by atoms with Gasteiger partial charge in [0.15, 0.2) is 0 Å². The van der Waals surface area contributed by atoms with Crippen LogP contribution in [0, 0.1) is 10.8 Å². The smallest absolute Gasteiger partial charge is 0.237 e. The average molecular weight is 277 g/mol. The highest BCUT2D eigenvalue weighted by molar-refractivity contribution is 5.85. The molecule has 1 aliphatic carbocycles. The summed E-state index contributed by atoms with van der Waals surface area (Å²) in [5, 5.41) is 3.10. The zero-order valence-electron chi connectivity index (χ0n) is 12.4. The molecule has 0 aromatic carbocycles. The Hall–Kier alpha value is -0.280. The number of halogens is 1. The second-order valence-corrected chi connectivity index (χ2v) is 7.29. The van der Waals surface area contributed by atoms with E-state index in [4.69, 9.17) is 5.73 Å². The van der Waals surface area contributed by atoms with Gasteiger partial charge in [-0.1, -0.05) is 34.6 Å². The van der Waals surface area contributed by atoms with Crippen molar-refractivity contribution in [3.05, 3.63) is 0 Å². The standard InChI is InChI=1S/C14H28N2O.ClH/c1-13(2,3)11(15)12(17)16-10-6-8-14(4,5)9-7-10;/h10-11H,6-9,15H2,1-5H3,(H,16,17);1H/t11-;/m1./s1. The summed E-state index contributed by atoms with van der Waals surface area (Å²) in [7, 11) is 0. The van der Waals surface area contributed by atoms with Gasteiger partial charge in [-0.05, 0) is 36.5 Å². The van der Waals surface area contributed by atoms with Crippen molar-refractivity contribution < 1.29 is 4.79 Å². The van der Waals surface area contributed by atoms with Crippen molar-refractivity contribution in [1.82, 2.24) is 5.32 Å². The molecule has 3 N–H and O–H groups in total. The molecule has 0 aliphatic heterocycles. The van der Waals surface area contributed by atoms with E-state index in [1.54, 1.807) is 0 Å². The zero-order valence-corrected chi connectivity index (χ0v) is 13.2. The summed E-state index contributed by atoms with van der Waals surface area (Å²) in [5.41, 5.74) is 6.22. The normalized spacial score (nSPS) is 21.9. The van der Waals surface area contributed by atoms with Crippen molar-refractivity contribution in [2.45, 2.75) is 72.4 Å². The van der Waals surface area contributed by atoms with Gasteiger partial charge in [-0.15, -0.1) is 12.4 Å². The number of nitrogens with two attached hydrogens (primary N) is 1. The van der Waals surface area contributed by atoms with Gasteiger partial charge >= 0.3 is 0 Å². The minimum atomic E-state index is -0.419. The first-order valence-electron chi connectivity index (χ1n) is 6.68. The summed E-state index contributed by atoms with van der Waals surface area (Å²) >= 11 is 0. The van der Waals surface area contributed by atoms with Gasteiger partial charge in [0.05, 0.1) is 6.04 Å². The molecule has 3 nitrogen and oxygen atoms in total. The molecule has 4 heteroatoms. The van der Waals surface area contributed by atoms with E-state index in [0.29, 0.717) is 11.5 Å². The van der Waals surface area contributed by atoms with Crippen molar-refractivity contribution in [2.24, 2.45) is 16.6 Å². The lowest BCUT2D eigenvalue weighted by molar-refractivity contribution is -0.125. The van der Waals surface area contributed by atoms with E-state index in [1.165, 1.54) is 12.8 Å². The second-order valence-electron chi connectivity index (χ2n) is 7.29. The van der Waals surface area contributed by atoms with Crippen LogP contribution in [0.4, 0.5) is 0 Å². The number of hydrogen-bond acceptors (Lipinski definition) is 2. The van der Waals surface area contributed by atoms with Gasteiger partial charge < -0.3 is 11.1 Å². The van der Waals surface area contributed by atoms with Gasteiger partial charge in [0, 0.05) is 6.04 Å². The average Bonchev–Trinajstić information content (AvgIpc) is 2.18. The van der Waals surface area contributed by atoms with Crippen LogP contribution in [0.25, 0.3) is 0 Å². The lowest BCUT2D eigenvalue weighted by Gasteiger charge is -2.36. The molecule has 0 aromatic rings. The van der Waals surface area contributed by atoms with E-state index >= 15 is 0 Å². The van der Waals surface area contributed by atoms with Gasteiger partial charge in [0.2, 0.25) is 5.91 Å². The van der Waals surface area contributed by atoms with Crippen molar-refractivity contribution >= 4 is 18.3 Å². The molecular formula is C14H29ClN2O. The number of carbonyl (C=O) groups excluding carboxylic acids is 1. The molecular weight excluding hydrogens is 248 g/mol. The molecule has 0 bridgehead atoms. The summed E-state index contributed by atoms with van der Waals surface area (Å²) in [6.45, 7) is 10.6. The first-order valence-corrected chi connectivity index (χ1v) is 6.68. The SMILES string of the molecule is CC1(C)CCC(NC(=O)[C@@H](N)C(C)(C)C)CC1.Cl. The van der Waals surface area contributed by atoms with E-state index in [-0.39, 0.29) is 23.7 Å². The van der Waals surface area contributed by atoms with Crippen LogP contribution in [0.15, 0.2) is 0 Å². The first kappa shape index (κ1) is 17.7. The Kier molecular flexibility index (Phi) is 6.15. The minimum absolute atomic E-state index is 0. The first-order chi connectivity index (χ1) is 7.62. The number of carbonyl (C=O) groups is 1. The van der Waals surface area contributed by atoms with Gasteiger partial charge in [0.25, 0.3) is 0 Å². The molecule has 1 atom stereocenters. The Labute approximate surface area is 118 Å². The maximum Gasteiger partial charge on any atom is 0.237 e. The summed E-state index contributed by atoms with van der Waals surface area (Å²) in [5.74, 6) is 0.00204. The Bertz CT molecular complexity index is 274. The Morgan fingerprint density at radius 2 is 1.72 bits per heavy atom. The molecule has 1 aliphatic rings. The van der Waals surface area contributed by atoms with Crippen LogP contribution in [0.1, 0.15) is 60.3 Å². The molecule has 1 fully saturated rings. The van der Waals surface area contributed by atoms with Crippen LogP contribution in [-0.4, -0.2) is 18.0 Å². The number of hydrogen-bond donors (Lipinski definition) is 2. The van der Waals surface area contributed by atoms with E-state index < -0.39 is 6.04 Å². The zero-order chi connectivity index (χ0) is 13.3. The van der Waals surface area contributed by atoms with Gasteiger partial charge in [-0.25, -0.2) is 0 Å². The third-order valence-corrected chi connectivity index (χ3v) is 3.90. The van der Waals surface area contributed by atoms with E-state index in [2.05, 4.69) is 19.2 Å². The Morgan fingerprint density at radius 3 is 2.11 bits per heavy atom. The predicted molar refractivity (Wildman–Crippen MR) is 78.9 cm³/mol. The van der Waals surface area contributed by atoms with Crippen LogP contribution < -0.4 is 11.1 Å². The second kappa shape index (κ2) is 6.25. The highest BCUT2D eigenvalue weighted by atomic mass is 35.5. The minimum Gasteiger partial charge on any atom is -0.352 e. The van der Waals surface area contributed by atoms with Crippen molar-refractivity contribution in [1.29, 1.82) is 0 Å². The van der Waals surface area contributed by atoms with Crippen LogP contribution in [0.5, 0.6) is 0 Å². The maximum atomic E-state index is 12.0. The number of rotatable bonds is 2. The molecule has 0 heterocycles. The highest BCUT2D eigenvalue weighted by Crippen LogP contribution is 2.35. The van der Waals surface area contributed by atoms with Crippen LogP contribution in [0.3, 0.4) is 0 Å². The molecule has 18 heavy (non-hydrogen) atoms. The number of nitrogens with one attached hydrogen (secondary N) is 1. The largest absolute Gasteiger partial charge is 0.352 e. The van der Waals surface area contributed by atoms with E-state index in [0.717, 1.165) is 12.8 Å². The quantitative estimate of drug-likeness (QED) is 0.815. The Balaban J connectivity index is 0.00000289. The topological polar surface area (TPSA) is 55.1 Å². The fourth-order valence-electron chi connectivity index (χ4n) is 2.23. The summed E-state index contributed by atoms with van der Waals surface area (Å²) < 4.78 is 0. The van der Waals surface area contributed by atoms with Crippen LogP contribution in [0.2, 0.25) is 0 Å². The fraction of sp³-hybridized carbons (Fsp3) is 0.929. The summed E-state index contributed by atoms with van der Waals surface area (Å²) in [4.78, 5) is 12.0. The van der Waals surface area contributed by atoms with E-state index in [1.807, 2.05) is 20.8 Å². The highest BCUT2D eigenvalue weighted by Gasteiger charge is 2.31. The molecule has 108 valence electrons. The molecule has 0 spiro atoms. The van der Waals surface area contributed by atoms with E-state index in [9.17, 15) is 4.79 Å². The summed E-state index contributed by atoms with van der Waals surface area (Å²) in [6, 6.07) is -0.0960. The molecule has 1 amide bonds. The van der Waals surface area contributed by atoms with Gasteiger partial charge in [0.1, 0.15) is 0 Å². The van der Waals surface area contributed by atoms with Crippen LogP contribution >= 0.6 is 12.4 Å². The number of amides is 1. The monoisotopic (exact) mass is 276 g/mol. The lowest BCUT2D eigenvalue weighted by atomic mass is 9.75. The fourth-order valence-corrected chi connectivity index (χ4v) is 2.23. The third kappa shape index (κ3) is 5.15. The maximum absolute atomic E-state index is 12.0. The molecule has 0 saturated heterocycles. The lowest BCUT2D eigenvalue weighted by Crippen LogP contribution is -2.52. The van der Waals surface area contributed by atoms with Crippen molar-refractivity contribution in [3.8, 4) is 0 Å². The summed E-state index contributed by atoms with van der Waals surface area (Å²) in [6.07, 6.45) is 4.52. The molecule has 0 unspecified atom stereocenters.